The summed E-state index contributed by atoms with van der Waals surface area (Å²) in [4.78, 5) is 0. The minimum Gasteiger partial charge on any atom is -0.496 e. The molecule has 3 aromatic rings. The van der Waals surface area contributed by atoms with E-state index in [9.17, 15) is 0 Å². The summed E-state index contributed by atoms with van der Waals surface area (Å²) in [6.45, 7) is 0. The van der Waals surface area contributed by atoms with Crippen LogP contribution < -0.4 is 4.74 Å². The summed E-state index contributed by atoms with van der Waals surface area (Å²) < 4.78 is 5.38. The Kier molecular flexibility index (Phi) is 2.94. The fraction of sp³-hybridized carbons (Fsp3) is 0.0714. The summed E-state index contributed by atoms with van der Waals surface area (Å²) >= 11 is 0. The zero-order valence-corrected chi connectivity index (χ0v) is 10.4. The first kappa shape index (κ1) is 11.4. The van der Waals surface area contributed by atoms with E-state index < -0.39 is 0 Å². The minimum absolute atomic E-state index is 0.580. The van der Waals surface area contributed by atoms with E-state index >= 15 is 0 Å². The molecule has 0 bridgehead atoms. The highest BCUT2D eigenvalue weighted by Crippen LogP contribution is 2.31. The Bertz CT molecular complexity index is 679. The predicted molar refractivity (Wildman–Crippen MR) is 71.6 cm³/mol. The number of hydrogen-bond acceptors (Lipinski definition) is 4. The molecule has 94 valence electrons. The Hall–Kier alpha value is -2.69. The first-order valence-electron chi connectivity index (χ1n) is 5.86. The van der Waals surface area contributed by atoms with Crippen molar-refractivity contribution in [3.8, 4) is 28.3 Å². The van der Waals surface area contributed by atoms with Crippen LogP contribution in [0.1, 0.15) is 0 Å². The Morgan fingerprint density at radius 3 is 2.63 bits per heavy atom. The zero-order valence-electron chi connectivity index (χ0n) is 10.4. The lowest BCUT2D eigenvalue weighted by atomic mass is 10.0. The van der Waals surface area contributed by atoms with E-state index in [2.05, 4.69) is 20.6 Å². The Morgan fingerprint density at radius 1 is 1.00 bits per heavy atom. The van der Waals surface area contributed by atoms with Crippen LogP contribution in [0.15, 0.2) is 48.5 Å². The third-order valence-corrected chi connectivity index (χ3v) is 2.88. The topological polar surface area (TPSA) is 63.7 Å². The number of aromatic amines is 1. The lowest BCUT2D eigenvalue weighted by Gasteiger charge is -2.08. The maximum absolute atomic E-state index is 5.38. The summed E-state index contributed by atoms with van der Waals surface area (Å²) in [5.74, 6) is 1.42. The summed E-state index contributed by atoms with van der Waals surface area (Å²) in [7, 11) is 1.67. The Balaban J connectivity index is 2.09. The third kappa shape index (κ3) is 2.18. The Morgan fingerprint density at radius 2 is 1.84 bits per heavy atom. The largest absolute Gasteiger partial charge is 0.496 e. The van der Waals surface area contributed by atoms with Gasteiger partial charge in [0.2, 0.25) is 5.82 Å². The number of hydrogen-bond donors (Lipinski definition) is 1. The van der Waals surface area contributed by atoms with Gasteiger partial charge >= 0.3 is 0 Å². The number of nitrogens with one attached hydrogen (secondary N) is 1. The molecule has 0 saturated carbocycles. The number of benzene rings is 2. The van der Waals surface area contributed by atoms with Crippen LogP contribution >= 0.6 is 0 Å². The molecule has 0 fully saturated rings. The summed E-state index contributed by atoms with van der Waals surface area (Å²) in [5.41, 5.74) is 3.01. The average molecular weight is 252 g/mol. The molecule has 0 spiro atoms. The highest BCUT2D eigenvalue weighted by Gasteiger charge is 2.08. The highest BCUT2D eigenvalue weighted by molar-refractivity contribution is 5.74. The standard InChI is InChI=1S/C14H12N4O/c1-19-13-8-3-2-7-12(13)10-5-4-6-11(9-10)14-15-17-18-16-14/h2-9H,1H3,(H,15,16,17,18). The van der Waals surface area contributed by atoms with Gasteiger partial charge in [0.25, 0.3) is 0 Å². The van der Waals surface area contributed by atoms with E-state index in [1.54, 1.807) is 7.11 Å². The summed E-state index contributed by atoms with van der Waals surface area (Å²) in [5, 5.41) is 14.0. The number of aromatic nitrogens is 4. The monoisotopic (exact) mass is 252 g/mol. The van der Waals surface area contributed by atoms with Crippen molar-refractivity contribution in [1.82, 2.24) is 20.6 Å². The highest BCUT2D eigenvalue weighted by atomic mass is 16.5. The van der Waals surface area contributed by atoms with Gasteiger partial charge in [0.15, 0.2) is 0 Å². The van der Waals surface area contributed by atoms with Gasteiger partial charge in [-0.3, -0.25) is 0 Å². The van der Waals surface area contributed by atoms with E-state index in [-0.39, 0.29) is 0 Å². The van der Waals surface area contributed by atoms with Crippen LogP contribution in [-0.4, -0.2) is 27.7 Å². The Labute approximate surface area is 110 Å². The van der Waals surface area contributed by atoms with Gasteiger partial charge in [-0.15, -0.1) is 10.2 Å². The maximum Gasteiger partial charge on any atom is 0.204 e. The number of rotatable bonds is 3. The molecule has 0 aliphatic rings. The fourth-order valence-corrected chi connectivity index (χ4v) is 1.99. The number of ether oxygens (including phenoxy) is 1. The molecule has 0 saturated heterocycles. The SMILES string of the molecule is COc1ccccc1-c1cccc(-c2nn[nH]n2)c1. The van der Waals surface area contributed by atoms with Crippen LogP contribution in [0.2, 0.25) is 0 Å². The van der Waals surface area contributed by atoms with Crippen LogP contribution in [0.3, 0.4) is 0 Å². The van der Waals surface area contributed by atoms with Crippen molar-refractivity contribution < 1.29 is 4.74 Å². The summed E-state index contributed by atoms with van der Waals surface area (Å²) in [6.07, 6.45) is 0. The lowest BCUT2D eigenvalue weighted by molar-refractivity contribution is 0.416. The van der Waals surface area contributed by atoms with Crippen molar-refractivity contribution in [2.45, 2.75) is 0 Å². The second-order valence-corrected chi connectivity index (χ2v) is 4.02. The molecule has 1 aromatic heterocycles. The van der Waals surface area contributed by atoms with E-state index in [0.717, 1.165) is 22.4 Å². The van der Waals surface area contributed by atoms with E-state index in [1.807, 2.05) is 48.5 Å². The molecule has 0 aliphatic heterocycles. The van der Waals surface area contributed by atoms with Gasteiger partial charge in [0.05, 0.1) is 7.11 Å². The first-order valence-corrected chi connectivity index (χ1v) is 5.86. The number of H-pyrrole nitrogens is 1. The normalized spacial score (nSPS) is 10.4. The van der Waals surface area contributed by atoms with Crippen molar-refractivity contribution >= 4 is 0 Å². The molecule has 5 nitrogen and oxygen atoms in total. The number of para-hydroxylation sites is 1. The van der Waals surface area contributed by atoms with Crippen molar-refractivity contribution in [1.29, 1.82) is 0 Å². The number of methoxy groups -OCH3 is 1. The summed E-state index contributed by atoms with van der Waals surface area (Å²) in [6, 6.07) is 15.9. The molecule has 0 aliphatic carbocycles. The predicted octanol–water partition coefficient (Wildman–Crippen LogP) is 2.54. The molecule has 1 N–H and O–H groups in total. The van der Waals surface area contributed by atoms with Gasteiger partial charge in [-0.2, -0.15) is 5.21 Å². The molecular weight excluding hydrogens is 240 g/mol. The second-order valence-electron chi connectivity index (χ2n) is 4.02. The molecule has 0 unspecified atom stereocenters. The minimum atomic E-state index is 0.580. The second kappa shape index (κ2) is 4.89. The molecule has 3 rings (SSSR count). The average Bonchev–Trinajstić information content (AvgIpc) is 3.01. The first-order chi connectivity index (χ1) is 9.38. The molecule has 0 atom stereocenters. The van der Waals surface area contributed by atoms with Gasteiger partial charge in [-0.05, 0) is 22.9 Å². The molecule has 0 radical (unpaired) electrons. The number of nitrogens with zero attached hydrogens (tertiary/aromatic N) is 3. The van der Waals surface area contributed by atoms with Crippen molar-refractivity contribution in [3.63, 3.8) is 0 Å². The van der Waals surface area contributed by atoms with E-state index in [1.165, 1.54) is 0 Å². The quantitative estimate of drug-likeness (QED) is 0.778. The smallest absolute Gasteiger partial charge is 0.204 e. The lowest BCUT2D eigenvalue weighted by Crippen LogP contribution is -1.88. The zero-order chi connectivity index (χ0) is 13.1. The molecule has 0 amide bonds. The van der Waals surface area contributed by atoms with Gasteiger partial charge < -0.3 is 4.74 Å². The van der Waals surface area contributed by atoms with Crippen LogP contribution in [0.25, 0.3) is 22.5 Å². The van der Waals surface area contributed by atoms with Crippen LogP contribution in [-0.2, 0) is 0 Å². The van der Waals surface area contributed by atoms with Crippen LogP contribution in [0, 0.1) is 0 Å². The van der Waals surface area contributed by atoms with Crippen LogP contribution in [0.5, 0.6) is 5.75 Å². The van der Waals surface area contributed by atoms with E-state index in [4.69, 9.17) is 4.74 Å². The van der Waals surface area contributed by atoms with Gasteiger partial charge in [-0.1, -0.05) is 36.4 Å². The van der Waals surface area contributed by atoms with Crippen LogP contribution in [0.4, 0.5) is 0 Å². The van der Waals surface area contributed by atoms with Crippen molar-refractivity contribution in [2.24, 2.45) is 0 Å². The van der Waals surface area contributed by atoms with Gasteiger partial charge in [0, 0.05) is 11.1 Å². The molecule has 19 heavy (non-hydrogen) atoms. The van der Waals surface area contributed by atoms with Gasteiger partial charge in [0.1, 0.15) is 5.75 Å². The molecular formula is C14H12N4O. The molecule has 5 heteroatoms. The molecule has 1 heterocycles. The fourth-order valence-electron chi connectivity index (χ4n) is 1.99. The molecule has 2 aromatic carbocycles. The van der Waals surface area contributed by atoms with Crippen molar-refractivity contribution in [2.75, 3.05) is 7.11 Å². The van der Waals surface area contributed by atoms with Gasteiger partial charge in [-0.25, -0.2) is 0 Å². The third-order valence-electron chi connectivity index (χ3n) is 2.88. The van der Waals surface area contributed by atoms with Crippen molar-refractivity contribution in [3.05, 3.63) is 48.5 Å². The maximum atomic E-state index is 5.38. The van der Waals surface area contributed by atoms with E-state index in [0.29, 0.717) is 5.82 Å². The number of tetrazole rings is 1.